The zero-order valence-electron chi connectivity index (χ0n) is 26.2. The van der Waals surface area contributed by atoms with Gasteiger partial charge in [-0.05, 0) is 110 Å². The zero-order valence-corrected chi connectivity index (χ0v) is 26.2. The smallest absolute Gasteiger partial charge is 0.204 e. The first-order valence-electron chi connectivity index (χ1n) is 15.4. The van der Waals surface area contributed by atoms with Gasteiger partial charge in [0.2, 0.25) is 5.75 Å². The summed E-state index contributed by atoms with van der Waals surface area (Å²) < 4.78 is 30.9. The number of hydrogen-bond acceptors (Lipinski definition) is 7. The Hall–Kier alpha value is -4.20. The maximum Gasteiger partial charge on any atom is 0.204 e. The highest BCUT2D eigenvalue weighted by Crippen LogP contribution is 2.50. The van der Waals surface area contributed by atoms with Crippen molar-refractivity contribution in [2.75, 3.05) is 48.5 Å². The summed E-state index contributed by atoms with van der Waals surface area (Å²) in [5.74, 6) is 5.03. The van der Waals surface area contributed by atoms with Crippen molar-refractivity contribution >= 4 is 0 Å². The third-order valence-electron chi connectivity index (χ3n) is 9.55. The van der Waals surface area contributed by atoms with Gasteiger partial charge in [0, 0.05) is 30.7 Å². The summed E-state index contributed by atoms with van der Waals surface area (Å²) in [5, 5.41) is 0. The first-order chi connectivity index (χ1) is 21.4. The average Bonchev–Trinajstić information content (AvgIpc) is 3.04. The second-order valence-corrected chi connectivity index (χ2v) is 12.1. The lowest BCUT2D eigenvalue weighted by Gasteiger charge is -2.37. The molecule has 4 aliphatic heterocycles. The van der Waals surface area contributed by atoms with Crippen molar-refractivity contribution in [3.8, 4) is 40.2 Å². The molecule has 7 heteroatoms. The lowest BCUT2D eigenvalue weighted by atomic mass is 9.87. The van der Waals surface area contributed by atoms with E-state index in [1.165, 1.54) is 22.3 Å². The van der Waals surface area contributed by atoms with Gasteiger partial charge in [0.1, 0.15) is 11.5 Å². The van der Waals surface area contributed by atoms with E-state index in [-0.39, 0.29) is 12.1 Å². The molecule has 4 aromatic rings. The Morgan fingerprint density at radius 2 is 1.32 bits per heavy atom. The van der Waals surface area contributed by atoms with Gasteiger partial charge in [0.05, 0.1) is 21.3 Å². The molecule has 4 aliphatic rings. The molecule has 0 saturated heterocycles. The minimum atomic E-state index is 0.0458. The van der Waals surface area contributed by atoms with Gasteiger partial charge in [-0.15, -0.1) is 0 Å². The van der Waals surface area contributed by atoms with Crippen LogP contribution in [0.2, 0.25) is 0 Å². The molecule has 0 radical (unpaired) electrons. The Morgan fingerprint density at radius 1 is 0.636 bits per heavy atom. The third kappa shape index (κ3) is 5.14. The molecule has 0 unspecified atom stereocenters. The number of hydrogen-bond donors (Lipinski definition) is 0. The van der Waals surface area contributed by atoms with Crippen molar-refractivity contribution in [1.29, 1.82) is 0 Å². The van der Waals surface area contributed by atoms with E-state index in [9.17, 15) is 0 Å². The van der Waals surface area contributed by atoms with Crippen molar-refractivity contribution in [2.45, 2.75) is 37.8 Å². The van der Waals surface area contributed by atoms with Crippen LogP contribution in [0.4, 0.5) is 0 Å². The van der Waals surface area contributed by atoms with Crippen LogP contribution in [0, 0.1) is 0 Å². The Kier molecular flexibility index (Phi) is 7.60. The molecular weight excluding hydrogens is 552 g/mol. The van der Waals surface area contributed by atoms with E-state index in [1.807, 2.05) is 6.07 Å². The summed E-state index contributed by atoms with van der Waals surface area (Å²) in [7, 11) is 9.46. The minimum Gasteiger partial charge on any atom is -0.493 e. The Morgan fingerprint density at radius 3 is 2.07 bits per heavy atom. The van der Waals surface area contributed by atoms with Crippen molar-refractivity contribution < 1.29 is 23.7 Å². The van der Waals surface area contributed by atoms with Crippen LogP contribution >= 0.6 is 0 Å². The fourth-order valence-electron chi connectivity index (χ4n) is 7.07. The van der Waals surface area contributed by atoms with Crippen LogP contribution in [0.1, 0.15) is 45.5 Å². The fourth-order valence-corrected chi connectivity index (χ4v) is 7.07. The quantitative estimate of drug-likeness (QED) is 0.250. The average molecular weight is 593 g/mol. The fraction of sp³-hybridized carbons (Fsp3) is 0.351. The van der Waals surface area contributed by atoms with E-state index in [4.69, 9.17) is 23.7 Å². The van der Waals surface area contributed by atoms with Crippen LogP contribution in [0.5, 0.6) is 40.2 Å². The second-order valence-electron chi connectivity index (χ2n) is 12.1. The van der Waals surface area contributed by atoms with Crippen molar-refractivity contribution in [3.05, 3.63) is 100 Å². The lowest BCUT2D eigenvalue weighted by molar-refractivity contribution is 0.221. The topological polar surface area (TPSA) is 52.6 Å². The van der Waals surface area contributed by atoms with Gasteiger partial charge in [-0.1, -0.05) is 24.3 Å². The van der Waals surface area contributed by atoms with Crippen LogP contribution in [-0.2, 0) is 25.7 Å². The van der Waals surface area contributed by atoms with Gasteiger partial charge in [-0.25, -0.2) is 0 Å². The number of fused-ring (bicyclic) bond motifs is 2. The summed E-state index contributed by atoms with van der Waals surface area (Å²) in [5.41, 5.74) is 7.43. The molecule has 7 nitrogen and oxygen atoms in total. The largest absolute Gasteiger partial charge is 0.493 e. The number of methoxy groups -OCH3 is 3. The molecule has 2 atom stereocenters. The first-order valence-corrected chi connectivity index (χ1v) is 15.4. The maximum atomic E-state index is 6.93. The highest BCUT2D eigenvalue weighted by atomic mass is 16.5. The van der Waals surface area contributed by atoms with Crippen LogP contribution in [0.15, 0.2) is 66.7 Å². The minimum absolute atomic E-state index is 0.0458. The molecule has 0 aromatic heterocycles. The van der Waals surface area contributed by atoms with E-state index in [1.54, 1.807) is 21.3 Å². The van der Waals surface area contributed by atoms with Crippen molar-refractivity contribution in [1.82, 2.24) is 9.80 Å². The van der Waals surface area contributed by atoms with Gasteiger partial charge in [-0.2, -0.15) is 0 Å². The number of nitrogens with zero attached hydrogens (tertiary/aromatic N) is 2. The van der Waals surface area contributed by atoms with Gasteiger partial charge in [0.25, 0.3) is 0 Å². The first kappa shape index (κ1) is 28.6. The van der Waals surface area contributed by atoms with E-state index < -0.39 is 0 Å². The molecule has 0 saturated carbocycles. The summed E-state index contributed by atoms with van der Waals surface area (Å²) >= 11 is 0. The Labute approximate surface area is 259 Å². The van der Waals surface area contributed by atoms with Crippen molar-refractivity contribution in [3.63, 3.8) is 0 Å². The van der Waals surface area contributed by atoms with Crippen molar-refractivity contribution in [2.24, 2.45) is 0 Å². The molecule has 0 amide bonds. The zero-order chi connectivity index (χ0) is 30.4. The van der Waals surface area contributed by atoms with Crippen LogP contribution in [-0.4, -0.2) is 58.3 Å². The number of benzene rings is 4. The Bertz CT molecular complexity index is 1680. The van der Waals surface area contributed by atoms with Gasteiger partial charge >= 0.3 is 0 Å². The van der Waals surface area contributed by atoms with E-state index in [0.717, 1.165) is 67.1 Å². The summed E-state index contributed by atoms with van der Waals surface area (Å²) in [4.78, 5) is 4.85. The van der Waals surface area contributed by atoms with Gasteiger partial charge in [-0.3, -0.25) is 9.80 Å². The normalized spacial score (nSPS) is 19.6. The SMILES string of the molecule is COc1ccc2cc1Oc1ccc(cc1)C[C@H]1c3cc(ccc3CCN1C)Oc1c(OC)c(OC)cc3c1[C@H](C2)N(C)CC3. The van der Waals surface area contributed by atoms with E-state index in [0.29, 0.717) is 23.0 Å². The lowest BCUT2D eigenvalue weighted by Crippen LogP contribution is -2.34. The predicted molar refractivity (Wildman–Crippen MR) is 171 cm³/mol. The molecular formula is C37H40N2O5. The summed E-state index contributed by atoms with van der Waals surface area (Å²) in [6.45, 7) is 1.94. The highest BCUT2D eigenvalue weighted by Gasteiger charge is 2.34. The molecule has 4 aromatic carbocycles. The molecule has 0 spiro atoms. The summed E-state index contributed by atoms with van der Waals surface area (Å²) in [6.07, 6.45) is 3.55. The molecule has 0 aliphatic carbocycles. The molecule has 44 heavy (non-hydrogen) atoms. The second kappa shape index (κ2) is 11.7. The number of rotatable bonds is 3. The molecule has 8 rings (SSSR count). The molecule has 0 fully saturated rings. The maximum absolute atomic E-state index is 6.93. The molecule has 228 valence electrons. The van der Waals surface area contributed by atoms with Crippen LogP contribution < -0.4 is 23.7 Å². The number of ether oxygens (including phenoxy) is 5. The standard InChI is InChI=1S/C37H40N2O5/c1-38-16-14-25-9-12-28-22-29(25)30(38)18-23-6-10-27(11-7-23)43-33-20-24(8-13-32(33)40-3)19-31-35-26(15-17-39(31)2)21-34(41-4)36(42-5)37(35)44-28/h6-13,20-22,30-31H,14-19H2,1-5H3/t30-,31-/m0/s1. The number of likely N-dealkylation sites (N-methyl/N-ethyl adjacent to an activating group) is 2. The van der Waals surface area contributed by atoms with Gasteiger partial charge in [0.15, 0.2) is 23.0 Å². The molecule has 6 bridgehead atoms. The third-order valence-corrected chi connectivity index (χ3v) is 9.55. The Balaban J connectivity index is 1.44. The molecule has 0 N–H and O–H groups in total. The van der Waals surface area contributed by atoms with Crippen LogP contribution in [0.25, 0.3) is 0 Å². The predicted octanol–water partition coefficient (Wildman–Crippen LogP) is 7.15. The molecule has 4 heterocycles. The van der Waals surface area contributed by atoms with Crippen LogP contribution in [0.3, 0.4) is 0 Å². The van der Waals surface area contributed by atoms with Gasteiger partial charge < -0.3 is 23.7 Å². The highest BCUT2D eigenvalue weighted by molar-refractivity contribution is 5.62. The monoisotopic (exact) mass is 592 g/mol. The van der Waals surface area contributed by atoms with E-state index >= 15 is 0 Å². The van der Waals surface area contributed by atoms with E-state index in [2.05, 4.69) is 84.6 Å². The summed E-state index contributed by atoms with van der Waals surface area (Å²) in [6, 6.07) is 23.6.